The van der Waals surface area contributed by atoms with Gasteiger partial charge in [-0.25, -0.2) is 0 Å². The zero-order valence-electron chi connectivity index (χ0n) is 7.42. The Morgan fingerprint density at radius 3 is 2.73 bits per heavy atom. The number of rotatable bonds is 1. The van der Waals surface area contributed by atoms with Gasteiger partial charge in [0.2, 0.25) is 0 Å². The summed E-state index contributed by atoms with van der Waals surface area (Å²) in [4.78, 5) is 0. The minimum absolute atomic E-state index is 0.184. The summed E-state index contributed by atoms with van der Waals surface area (Å²) in [7, 11) is 0. The van der Waals surface area contributed by atoms with E-state index < -0.39 is 12.3 Å². The van der Waals surface area contributed by atoms with Crippen LogP contribution in [0.25, 0.3) is 10.9 Å². The summed E-state index contributed by atoms with van der Waals surface area (Å²) < 4.78 is 36.6. The molecule has 0 amide bonds. The number of H-pyrrole nitrogens is 1. The summed E-state index contributed by atoms with van der Waals surface area (Å²) in [6.07, 6.45) is -5.68. The summed E-state index contributed by atoms with van der Waals surface area (Å²) in [5, 5.41) is 15.8. The molecule has 0 aliphatic carbocycles. The predicted molar refractivity (Wildman–Crippen MR) is 47.1 cm³/mol. The molecule has 1 heterocycles. The van der Waals surface area contributed by atoms with Crippen molar-refractivity contribution in [3.63, 3.8) is 0 Å². The van der Waals surface area contributed by atoms with Gasteiger partial charge in [0.1, 0.15) is 0 Å². The molecule has 0 radical (unpaired) electrons. The van der Waals surface area contributed by atoms with Crippen molar-refractivity contribution in [1.29, 1.82) is 0 Å². The zero-order valence-corrected chi connectivity index (χ0v) is 7.42. The van der Waals surface area contributed by atoms with E-state index in [9.17, 15) is 13.2 Å². The third-order valence-corrected chi connectivity index (χ3v) is 2.09. The monoisotopic (exact) mass is 216 g/mol. The van der Waals surface area contributed by atoms with Gasteiger partial charge in [-0.1, -0.05) is 6.07 Å². The van der Waals surface area contributed by atoms with Crippen LogP contribution in [-0.4, -0.2) is 21.5 Å². The molecular formula is C9H7F3N2O. The van der Waals surface area contributed by atoms with Crippen molar-refractivity contribution < 1.29 is 18.3 Å². The Morgan fingerprint density at radius 2 is 2.07 bits per heavy atom. The molecule has 1 aromatic heterocycles. The second-order valence-electron chi connectivity index (χ2n) is 3.16. The first kappa shape index (κ1) is 9.97. The van der Waals surface area contributed by atoms with E-state index >= 15 is 0 Å². The van der Waals surface area contributed by atoms with Crippen LogP contribution in [0.4, 0.5) is 13.2 Å². The second-order valence-corrected chi connectivity index (χ2v) is 3.16. The lowest BCUT2D eigenvalue weighted by molar-refractivity contribution is -0.206. The number of aromatic amines is 1. The zero-order chi connectivity index (χ0) is 11.1. The van der Waals surface area contributed by atoms with Gasteiger partial charge in [0.25, 0.3) is 0 Å². The van der Waals surface area contributed by atoms with Crippen LogP contribution in [-0.2, 0) is 0 Å². The van der Waals surface area contributed by atoms with Crippen molar-refractivity contribution in [2.45, 2.75) is 12.3 Å². The molecule has 0 fully saturated rings. The molecule has 1 unspecified atom stereocenters. The summed E-state index contributed by atoms with van der Waals surface area (Å²) >= 11 is 0. The molecule has 0 aliphatic heterocycles. The van der Waals surface area contributed by atoms with Crippen molar-refractivity contribution in [2.75, 3.05) is 0 Å². The smallest absolute Gasteiger partial charge is 0.379 e. The van der Waals surface area contributed by atoms with Crippen molar-refractivity contribution >= 4 is 10.9 Å². The number of aliphatic hydroxyl groups excluding tert-OH is 1. The molecule has 6 heteroatoms. The van der Waals surface area contributed by atoms with Crippen LogP contribution in [0.2, 0.25) is 0 Å². The molecule has 1 aromatic carbocycles. The normalized spacial score (nSPS) is 14.4. The molecule has 0 aliphatic rings. The number of fused-ring (bicyclic) bond motifs is 1. The van der Waals surface area contributed by atoms with Gasteiger partial charge in [-0.3, -0.25) is 5.10 Å². The van der Waals surface area contributed by atoms with Crippen molar-refractivity contribution in [3.05, 3.63) is 30.0 Å². The van der Waals surface area contributed by atoms with Gasteiger partial charge in [-0.2, -0.15) is 18.3 Å². The lowest BCUT2D eigenvalue weighted by Gasteiger charge is -2.14. The fraction of sp³-hybridized carbons (Fsp3) is 0.222. The number of benzene rings is 1. The van der Waals surface area contributed by atoms with E-state index in [1.165, 1.54) is 24.4 Å². The number of aromatic nitrogens is 2. The first-order valence-electron chi connectivity index (χ1n) is 4.16. The van der Waals surface area contributed by atoms with Gasteiger partial charge >= 0.3 is 6.18 Å². The Labute approximate surface area is 82.5 Å². The van der Waals surface area contributed by atoms with Crippen LogP contribution in [0.5, 0.6) is 0 Å². The Bertz CT molecular complexity index is 477. The summed E-state index contributed by atoms with van der Waals surface area (Å²) in [5.41, 5.74) is 0.449. The van der Waals surface area contributed by atoms with E-state index in [2.05, 4.69) is 10.2 Å². The van der Waals surface area contributed by atoms with Gasteiger partial charge in [-0.15, -0.1) is 0 Å². The second kappa shape index (κ2) is 3.23. The largest absolute Gasteiger partial charge is 0.418 e. The number of aliphatic hydroxyl groups is 1. The fourth-order valence-electron chi connectivity index (χ4n) is 1.32. The van der Waals surface area contributed by atoms with Gasteiger partial charge in [0.15, 0.2) is 6.10 Å². The minimum atomic E-state index is -4.64. The lowest BCUT2D eigenvalue weighted by Crippen LogP contribution is -2.19. The van der Waals surface area contributed by atoms with Crippen molar-refractivity contribution in [3.8, 4) is 0 Å². The Balaban J connectivity index is 2.44. The van der Waals surface area contributed by atoms with E-state index in [0.29, 0.717) is 10.9 Å². The molecule has 0 bridgehead atoms. The highest BCUT2D eigenvalue weighted by atomic mass is 19.4. The van der Waals surface area contributed by atoms with Gasteiger partial charge in [-0.05, 0) is 17.7 Å². The van der Waals surface area contributed by atoms with Gasteiger partial charge in [0.05, 0.1) is 11.7 Å². The first-order valence-corrected chi connectivity index (χ1v) is 4.16. The summed E-state index contributed by atoms with van der Waals surface area (Å²) in [6, 6.07) is 3.93. The van der Waals surface area contributed by atoms with E-state index in [0.717, 1.165) is 0 Å². The average molecular weight is 216 g/mol. The van der Waals surface area contributed by atoms with E-state index in [1.54, 1.807) is 0 Å². The van der Waals surface area contributed by atoms with E-state index in [-0.39, 0.29) is 5.56 Å². The predicted octanol–water partition coefficient (Wildman–Crippen LogP) is 2.16. The molecule has 2 N–H and O–H groups in total. The molecule has 2 aromatic rings. The van der Waals surface area contributed by atoms with Crippen LogP contribution in [0, 0.1) is 0 Å². The maximum Gasteiger partial charge on any atom is 0.418 e. The quantitative estimate of drug-likeness (QED) is 0.767. The maximum atomic E-state index is 12.2. The molecule has 0 spiro atoms. The molecule has 80 valence electrons. The van der Waals surface area contributed by atoms with Gasteiger partial charge in [0, 0.05) is 5.39 Å². The van der Waals surface area contributed by atoms with Crippen molar-refractivity contribution in [2.24, 2.45) is 0 Å². The first-order chi connectivity index (χ1) is 6.98. The number of hydrogen-bond donors (Lipinski definition) is 2. The summed E-state index contributed by atoms with van der Waals surface area (Å²) in [6.45, 7) is 0. The Kier molecular flexibility index (Phi) is 2.15. The van der Waals surface area contributed by atoms with E-state index in [4.69, 9.17) is 5.11 Å². The summed E-state index contributed by atoms with van der Waals surface area (Å²) in [5.74, 6) is 0. The fourth-order valence-corrected chi connectivity index (χ4v) is 1.32. The molecule has 2 rings (SSSR count). The highest BCUT2D eigenvalue weighted by Gasteiger charge is 2.39. The van der Waals surface area contributed by atoms with Crippen LogP contribution in [0.3, 0.4) is 0 Å². The number of nitrogens with zero attached hydrogens (tertiary/aromatic N) is 1. The molecule has 1 atom stereocenters. The maximum absolute atomic E-state index is 12.2. The Morgan fingerprint density at radius 1 is 1.33 bits per heavy atom. The number of nitrogens with one attached hydrogen (secondary N) is 1. The lowest BCUT2D eigenvalue weighted by atomic mass is 10.1. The topological polar surface area (TPSA) is 48.9 Å². The minimum Gasteiger partial charge on any atom is -0.379 e. The van der Waals surface area contributed by atoms with Crippen LogP contribution in [0.15, 0.2) is 24.4 Å². The third kappa shape index (κ3) is 1.80. The molecule has 15 heavy (non-hydrogen) atoms. The average Bonchev–Trinajstić information content (AvgIpc) is 2.61. The van der Waals surface area contributed by atoms with Gasteiger partial charge < -0.3 is 5.11 Å². The van der Waals surface area contributed by atoms with Crippen LogP contribution >= 0.6 is 0 Å². The number of hydrogen-bond acceptors (Lipinski definition) is 2. The van der Waals surface area contributed by atoms with E-state index in [1.807, 2.05) is 0 Å². The molecule has 0 saturated heterocycles. The highest BCUT2D eigenvalue weighted by molar-refractivity contribution is 5.78. The number of alkyl halides is 3. The highest BCUT2D eigenvalue weighted by Crippen LogP contribution is 2.33. The Hall–Kier alpha value is -1.56. The SMILES string of the molecule is OC(c1ccc2[nH]ncc2c1)C(F)(F)F. The van der Waals surface area contributed by atoms with Crippen LogP contribution < -0.4 is 0 Å². The van der Waals surface area contributed by atoms with Crippen molar-refractivity contribution in [1.82, 2.24) is 10.2 Å². The number of halogens is 3. The standard InChI is InChI=1S/C9H7F3N2O/c10-9(11,12)8(15)5-1-2-7-6(3-5)4-13-14-7/h1-4,8,15H,(H,13,14). The third-order valence-electron chi connectivity index (χ3n) is 2.09. The molecule has 0 saturated carbocycles. The molecular weight excluding hydrogens is 209 g/mol. The molecule has 3 nitrogen and oxygen atoms in total. The van der Waals surface area contributed by atoms with Crippen LogP contribution in [0.1, 0.15) is 11.7 Å².